The Hall–Kier alpha value is -1.56. The second kappa shape index (κ2) is 7.81. The highest BCUT2D eigenvalue weighted by Gasteiger charge is 2.31. The van der Waals surface area contributed by atoms with Crippen molar-refractivity contribution in [3.8, 4) is 0 Å². The fourth-order valence-electron chi connectivity index (χ4n) is 2.69. The number of hydrogen-bond acceptors (Lipinski definition) is 2. The molecule has 1 fully saturated rings. The molecule has 0 radical (unpaired) electrons. The first-order valence-corrected chi connectivity index (χ1v) is 7.95. The smallest absolute Gasteiger partial charge is 0.262 e. The van der Waals surface area contributed by atoms with Gasteiger partial charge in [0.15, 0.2) is 0 Å². The molecule has 2 atom stereocenters. The molecule has 0 bridgehead atoms. The van der Waals surface area contributed by atoms with Gasteiger partial charge in [0, 0.05) is 6.54 Å². The van der Waals surface area contributed by atoms with Gasteiger partial charge >= 0.3 is 0 Å². The lowest BCUT2D eigenvalue weighted by Crippen LogP contribution is -2.47. The Labute approximate surface area is 134 Å². The predicted octanol–water partition coefficient (Wildman–Crippen LogP) is 3.23. The van der Waals surface area contributed by atoms with Gasteiger partial charge in [-0.1, -0.05) is 26.0 Å². The Balaban J connectivity index is 2.09. The van der Waals surface area contributed by atoms with E-state index >= 15 is 0 Å². The minimum Gasteiger partial charge on any atom is -0.343 e. The lowest BCUT2D eigenvalue weighted by atomic mass is 9.92. The summed E-state index contributed by atoms with van der Waals surface area (Å²) in [7, 11) is 0. The van der Waals surface area contributed by atoms with E-state index in [1.807, 2.05) is 13.8 Å². The molecule has 0 saturated carbocycles. The molecule has 23 heavy (non-hydrogen) atoms. The zero-order valence-corrected chi connectivity index (χ0v) is 13.4. The van der Waals surface area contributed by atoms with E-state index in [1.165, 1.54) is 18.2 Å². The summed E-state index contributed by atoms with van der Waals surface area (Å²) in [6, 6.07) is 3.51. The summed E-state index contributed by atoms with van der Waals surface area (Å²) in [6.45, 7) is 6.27. The minimum absolute atomic E-state index is 0.0430. The van der Waals surface area contributed by atoms with E-state index in [4.69, 9.17) is 0 Å². The zero-order chi connectivity index (χ0) is 17.0. The second-order valence-electron chi connectivity index (χ2n) is 6.38. The zero-order valence-electron chi connectivity index (χ0n) is 13.4. The number of amides is 1. The lowest BCUT2D eigenvalue weighted by molar-refractivity contribution is -0.129. The molecular weight excluding hydrogens is 305 g/mol. The molecule has 1 aliphatic heterocycles. The Kier molecular flexibility index (Phi) is 6.04. The van der Waals surface area contributed by atoms with Gasteiger partial charge in [-0.15, -0.1) is 0 Å². The SMILES string of the molecule is CC(C)C(CN1CCC1)C(=O)N[C@H](c1cccc(F)c1)C(F)F. The number of carbonyl (C=O) groups is 1. The van der Waals surface area contributed by atoms with Crippen molar-refractivity contribution < 1.29 is 18.0 Å². The Morgan fingerprint density at radius 3 is 2.48 bits per heavy atom. The van der Waals surface area contributed by atoms with Gasteiger partial charge in [-0.25, -0.2) is 13.2 Å². The Bertz CT molecular complexity index is 532. The van der Waals surface area contributed by atoms with Gasteiger partial charge in [0.1, 0.15) is 11.9 Å². The fraction of sp³-hybridized carbons (Fsp3) is 0.588. The van der Waals surface area contributed by atoms with Crippen LogP contribution in [0.4, 0.5) is 13.2 Å². The molecule has 1 heterocycles. The van der Waals surface area contributed by atoms with Crippen LogP contribution >= 0.6 is 0 Å². The van der Waals surface area contributed by atoms with E-state index in [0.29, 0.717) is 6.54 Å². The van der Waals surface area contributed by atoms with Crippen LogP contribution in [0.3, 0.4) is 0 Å². The normalized spacial score (nSPS) is 17.9. The molecule has 2 rings (SSSR count). The fourth-order valence-corrected chi connectivity index (χ4v) is 2.69. The quantitative estimate of drug-likeness (QED) is 0.833. The monoisotopic (exact) mass is 328 g/mol. The van der Waals surface area contributed by atoms with Crippen LogP contribution < -0.4 is 5.32 Å². The van der Waals surface area contributed by atoms with Crippen molar-refractivity contribution in [3.63, 3.8) is 0 Å². The molecule has 0 spiro atoms. The molecule has 1 saturated heterocycles. The number of nitrogens with one attached hydrogen (secondary N) is 1. The van der Waals surface area contributed by atoms with Crippen molar-refractivity contribution in [1.29, 1.82) is 0 Å². The number of likely N-dealkylation sites (tertiary alicyclic amines) is 1. The van der Waals surface area contributed by atoms with Crippen molar-refractivity contribution >= 4 is 5.91 Å². The van der Waals surface area contributed by atoms with Crippen molar-refractivity contribution in [3.05, 3.63) is 35.6 Å². The van der Waals surface area contributed by atoms with Crippen LogP contribution in [0.25, 0.3) is 0 Å². The predicted molar refractivity (Wildman–Crippen MR) is 82.7 cm³/mol. The Morgan fingerprint density at radius 1 is 1.30 bits per heavy atom. The van der Waals surface area contributed by atoms with Crippen LogP contribution in [0.5, 0.6) is 0 Å². The number of carbonyl (C=O) groups excluding carboxylic acids is 1. The van der Waals surface area contributed by atoms with E-state index in [9.17, 15) is 18.0 Å². The molecular formula is C17H23F3N2O. The van der Waals surface area contributed by atoms with Crippen molar-refractivity contribution in [2.24, 2.45) is 11.8 Å². The number of hydrogen-bond donors (Lipinski definition) is 1. The number of rotatable bonds is 7. The number of nitrogens with zero attached hydrogens (tertiary/aromatic N) is 1. The summed E-state index contributed by atoms with van der Waals surface area (Å²) < 4.78 is 39.9. The highest BCUT2D eigenvalue weighted by atomic mass is 19.3. The molecule has 1 aromatic carbocycles. The van der Waals surface area contributed by atoms with Gasteiger partial charge in [0.25, 0.3) is 6.43 Å². The van der Waals surface area contributed by atoms with Crippen LogP contribution in [0.1, 0.15) is 31.9 Å². The molecule has 6 heteroatoms. The van der Waals surface area contributed by atoms with E-state index < -0.39 is 24.2 Å². The summed E-state index contributed by atoms with van der Waals surface area (Å²) in [5.41, 5.74) is 0.0832. The molecule has 1 amide bonds. The average Bonchev–Trinajstić information content (AvgIpc) is 2.42. The van der Waals surface area contributed by atoms with Gasteiger partial charge < -0.3 is 10.2 Å². The summed E-state index contributed by atoms with van der Waals surface area (Å²) in [5.74, 6) is -1.31. The standard InChI is InChI=1S/C17H23F3N2O/c1-11(2)14(10-22-7-4-8-22)17(23)21-15(16(19)20)12-5-3-6-13(18)9-12/h3,5-6,9,11,14-16H,4,7-8,10H2,1-2H3,(H,21,23)/t14?,15-/m1/s1. The topological polar surface area (TPSA) is 32.3 Å². The van der Waals surface area contributed by atoms with Crippen LogP contribution in [-0.2, 0) is 4.79 Å². The number of benzene rings is 1. The minimum atomic E-state index is -2.79. The van der Waals surface area contributed by atoms with E-state index in [2.05, 4.69) is 10.2 Å². The van der Waals surface area contributed by atoms with Crippen LogP contribution in [0.2, 0.25) is 0 Å². The first-order valence-electron chi connectivity index (χ1n) is 7.95. The van der Waals surface area contributed by atoms with Crippen molar-refractivity contribution in [2.45, 2.75) is 32.7 Å². The van der Waals surface area contributed by atoms with Gasteiger partial charge in [0.05, 0.1) is 5.92 Å². The van der Waals surface area contributed by atoms with Gasteiger partial charge in [0.2, 0.25) is 5.91 Å². The first kappa shape index (κ1) is 17.8. The van der Waals surface area contributed by atoms with Gasteiger partial charge in [-0.05, 0) is 43.1 Å². The molecule has 128 valence electrons. The average molecular weight is 328 g/mol. The van der Waals surface area contributed by atoms with Crippen LogP contribution in [-0.4, -0.2) is 36.9 Å². The third kappa shape index (κ3) is 4.70. The summed E-state index contributed by atoms with van der Waals surface area (Å²) >= 11 is 0. The largest absolute Gasteiger partial charge is 0.343 e. The lowest BCUT2D eigenvalue weighted by Gasteiger charge is -2.35. The van der Waals surface area contributed by atoms with E-state index in [0.717, 1.165) is 25.6 Å². The van der Waals surface area contributed by atoms with Crippen molar-refractivity contribution in [2.75, 3.05) is 19.6 Å². The van der Waals surface area contributed by atoms with E-state index in [1.54, 1.807) is 0 Å². The first-order chi connectivity index (χ1) is 10.9. The number of halogens is 3. The molecule has 3 nitrogen and oxygen atoms in total. The third-order valence-corrected chi connectivity index (χ3v) is 4.30. The maximum absolute atomic E-state index is 13.3. The summed E-state index contributed by atoms with van der Waals surface area (Å²) in [6.07, 6.45) is -1.69. The maximum Gasteiger partial charge on any atom is 0.262 e. The van der Waals surface area contributed by atoms with Crippen molar-refractivity contribution in [1.82, 2.24) is 10.2 Å². The van der Waals surface area contributed by atoms with Crippen LogP contribution in [0.15, 0.2) is 24.3 Å². The highest BCUT2D eigenvalue weighted by molar-refractivity contribution is 5.79. The third-order valence-electron chi connectivity index (χ3n) is 4.30. The molecule has 1 N–H and O–H groups in total. The highest BCUT2D eigenvalue weighted by Crippen LogP contribution is 2.24. The molecule has 1 aromatic rings. The van der Waals surface area contributed by atoms with Gasteiger partial charge in [-0.3, -0.25) is 4.79 Å². The molecule has 0 aliphatic carbocycles. The molecule has 1 aliphatic rings. The summed E-state index contributed by atoms with van der Waals surface area (Å²) in [5, 5.41) is 2.41. The maximum atomic E-state index is 13.3. The summed E-state index contributed by atoms with van der Waals surface area (Å²) in [4.78, 5) is 14.6. The van der Waals surface area contributed by atoms with Crippen LogP contribution in [0, 0.1) is 17.7 Å². The van der Waals surface area contributed by atoms with E-state index in [-0.39, 0.29) is 17.4 Å². The second-order valence-corrected chi connectivity index (χ2v) is 6.38. The molecule has 1 unspecified atom stereocenters. The Morgan fingerprint density at radius 2 is 2.00 bits per heavy atom. The number of alkyl halides is 2. The van der Waals surface area contributed by atoms with Gasteiger partial charge in [-0.2, -0.15) is 0 Å². The molecule has 0 aromatic heterocycles.